The van der Waals surface area contributed by atoms with E-state index in [2.05, 4.69) is 51.6 Å². The summed E-state index contributed by atoms with van der Waals surface area (Å²) in [4.78, 5) is 15.2. The van der Waals surface area contributed by atoms with Crippen molar-refractivity contribution < 1.29 is 4.79 Å². The molecule has 0 bridgehead atoms. The lowest BCUT2D eigenvalue weighted by Crippen LogP contribution is -2.29. The van der Waals surface area contributed by atoms with Crippen LogP contribution in [0.25, 0.3) is 0 Å². The molecule has 5 nitrogen and oxygen atoms in total. The van der Waals surface area contributed by atoms with E-state index in [9.17, 15) is 4.79 Å². The molecule has 3 aromatic rings. The van der Waals surface area contributed by atoms with Gasteiger partial charge in [-0.05, 0) is 60.9 Å². The van der Waals surface area contributed by atoms with Gasteiger partial charge in [0.1, 0.15) is 5.01 Å². The number of aromatic nitrogens is 2. The van der Waals surface area contributed by atoms with Crippen LogP contribution in [0.15, 0.2) is 48.5 Å². The molecule has 2 aliphatic rings. The Hall–Kier alpha value is -2.57. The van der Waals surface area contributed by atoms with Crippen LogP contribution in [0.1, 0.15) is 63.7 Å². The van der Waals surface area contributed by atoms with Gasteiger partial charge in [-0.25, -0.2) is 0 Å². The number of amides is 1. The second-order valence-corrected chi connectivity index (χ2v) is 9.22. The van der Waals surface area contributed by atoms with Crippen LogP contribution < -0.4 is 5.32 Å². The monoisotopic (exact) mass is 418 g/mol. The van der Waals surface area contributed by atoms with E-state index in [1.165, 1.54) is 40.9 Å². The van der Waals surface area contributed by atoms with Gasteiger partial charge < -0.3 is 5.32 Å². The van der Waals surface area contributed by atoms with Crippen LogP contribution >= 0.6 is 11.3 Å². The van der Waals surface area contributed by atoms with Crippen LogP contribution in [-0.2, 0) is 19.4 Å². The molecule has 30 heavy (non-hydrogen) atoms. The summed E-state index contributed by atoms with van der Waals surface area (Å²) in [5.74, 6) is -0.188. The van der Waals surface area contributed by atoms with Gasteiger partial charge in [-0.1, -0.05) is 54.7 Å². The lowest BCUT2D eigenvalue weighted by Gasteiger charge is -2.28. The number of carbonyl (C=O) groups excluding carboxylic acids is 1. The fourth-order valence-electron chi connectivity index (χ4n) is 4.35. The molecule has 1 fully saturated rings. The van der Waals surface area contributed by atoms with E-state index in [1.807, 2.05) is 24.3 Å². The van der Waals surface area contributed by atoms with Crippen LogP contribution in [0, 0.1) is 0 Å². The third-order valence-corrected chi connectivity index (χ3v) is 7.02. The predicted molar refractivity (Wildman–Crippen MR) is 120 cm³/mol. The first-order valence-electron chi connectivity index (χ1n) is 10.8. The van der Waals surface area contributed by atoms with E-state index in [-0.39, 0.29) is 5.91 Å². The number of anilines is 1. The summed E-state index contributed by atoms with van der Waals surface area (Å²) < 4.78 is 0. The topological polar surface area (TPSA) is 58.1 Å². The van der Waals surface area contributed by atoms with Crippen molar-refractivity contribution in [3.8, 4) is 0 Å². The van der Waals surface area contributed by atoms with Gasteiger partial charge in [-0.2, -0.15) is 0 Å². The first-order valence-corrected chi connectivity index (χ1v) is 11.6. The van der Waals surface area contributed by atoms with Gasteiger partial charge >= 0.3 is 0 Å². The maximum absolute atomic E-state index is 12.6. The minimum absolute atomic E-state index is 0.188. The number of carbonyl (C=O) groups is 1. The van der Waals surface area contributed by atoms with E-state index in [4.69, 9.17) is 0 Å². The molecular weight excluding hydrogens is 392 g/mol. The average molecular weight is 419 g/mol. The number of benzene rings is 2. The lowest BCUT2D eigenvalue weighted by atomic mass is 10.1. The Morgan fingerprint density at radius 3 is 2.67 bits per heavy atom. The summed E-state index contributed by atoms with van der Waals surface area (Å²) in [5, 5.41) is 12.8. The van der Waals surface area contributed by atoms with Crippen LogP contribution in [0.2, 0.25) is 0 Å². The zero-order valence-corrected chi connectivity index (χ0v) is 18.0. The molecule has 0 aliphatic heterocycles. The van der Waals surface area contributed by atoms with E-state index < -0.39 is 0 Å². The molecule has 2 aromatic carbocycles. The first-order chi connectivity index (χ1) is 14.7. The zero-order chi connectivity index (χ0) is 20.5. The Kier molecular flexibility index (Phi) is 5.35. The molecule has 1 heterocycles. The molecule has 1 N–H and O–H groups in total. The molecule has 0 radical (unpaired) electrons. The summed E-state index contributed by atoms with van der Waals surface area (Å²) in [6.45, 7) is 2.88. The average Bonchev–Trinajstić information content (AvgIpc) is 3.36. The fraction of sp³-hybridized carbons (Fsp3) is 0.375. The summed E-state index contributed by atoms with van der Waals surface area (Å²) >= 11 is 1.41. The van der Waals surface area contributed by atoms with Crippen molar-refractivity contribution in [2.45, 2.75) is 57.7 Å². The van der Waals surface area contributed by atoms with Gasteiger partial charge in [0.05, 0.1) is 6.54 Å². The highest BCUT2D eigenvalue weighted by Crippen LogP contribution is 2.42. The smallest absolute Gasteiger partial charge is 0.286 e. The summed E-state index contributed by atoms with van der Waals surface area (Å²) in [6.07, 6.45) is 5.79. The second kappa shape index (κ2) is 8.28. The normalized spacial score (nSPS) is 17.9. The summed E-state index contributed by atoms with van der Waals surface area (Å²) in [5.41, 5.74) is 4.97. The van der Waals surface area contributed by atoms with Crippen molar-refractivity contribution in [2.24, 2.45) is 0 Å². The van der Waals surface area contributed by atoms with Crippen molar-refractivity contribution in [3.05, 3.63) is 75.2 Å². The van der Waals surface area contributed by atoms with Crippen LogP contribution in [-0.4, -0.2) is 27.0 Å². The number of hydrogen-bond acceptors (Lipinski definition) is 5. The van der Waals surface area contributed by atoms with Gasteiger partial charge in [-0.3, -0.25) is 9.69 Å². The maximum Gasteiger partial charge on any atom is 0.286 e. The number of rotatable bonds is 7. The lowest BCUT2D eigenvalue weighted by molar-refractivity contribution is 0.102. The SMILES string of the molecule is CCc1ccc(NC(=O)c2nnc(CN(C3CC3)C3CCc4ccccc43)s2)cc1. The molecule has 154 valence electrons. The molecule has 2 aliphatic carbocycles. The Labute approximate surface area is 181 Å². The molecule has 1 atom stereocenters. The highest BCUT2D eigenvalue weighted by atomic mass is 32.1. The number of aryl methyl sites for hydroxylation is 2. The quantitative estimate of drug-likeness (QED) is 0.586. The Morgan fingerprint density at radius 1 is 1.10 bits per heavy atom. The molecular formula is C24H26N4OS. The summed E-state index contributed by atoms with van der Waals surface area (Å²) in [7, 11) is 0. The summed E-state index contributed by atoms with van der Waals surface area (Å²) in [6, 6.07) is 17.8. The minimum atomic E-state index is -0.188. The Morgan fingerprint density at radius 2 is 1.90 bits per heavy atom. The molecule has 6 heteroatoms. The van der Waals surface area contributed by atoms with Crippen molar-refractivity contribution in [1.29, 1.82) is 0 Å². The van der Waals surface area contributed by atoms with Crippen molar-refractivity contribution in [1.82, 2.24) is 15.1 Å². The van der Waals surface area contributed by atoms with Crippen LogP contribution in [0.5, 0.6) is 0 Å². The molecule has 1 aromatic heterocycles. The molecule has 0 saturated heterocycles. The largest absolute Gasteiger partial charge is 0.320 e. The third kappa shape index (κ3) is 4.02. The van der Waals surface area contributed by atoms with Crippen molar-refractivity contribution in [3.63, 3.8) is 0 Å². The highest BCUT2D eigenvalue weighted by molar-refractivity contribution is 7.13. The molecule has 1 unspecified atom stereocenters. The van der Waals surface area contributed by atoms with E-state index >= 15 is 0 Å². The number of nitrogens with one attached hydrogen (secondary N) is 1. The van der Waals surface area contributed by atoms with Crippen molar-refractivity contribution >= 4 is 22.9 Å². The molecule has 5 rings (SSSR count). The number of fused-ring (bicyclic) bond motifs is 1. The van der Waals surface area contributed by atoms with Gasteiger partial charge in [0.15, 0.2) is 0 Å². The van der Waals surface area contributed by atoms with Crippen LogP contribution in [0.3, 0.4) is 0 Å². The van der Waals surface area contributed by atoms with E-state index in [0.717, 1.165) is 36.5 Å². The first kappa shape index (κ1) is 19.4. The van der Waals surface area contributed by atoms with Gasteiger partial charge in [0.25, 0.3) is 5.91 Å². The molecule has 1 saturated carbocycles. The van der Waals surface area contributed by atoms with Gasteiger partial charge in [-0.15, -0.1) is 10.2 Å². The van der Waals surface area contributed by atoms with Crippen LogP contribution in [0.4, 0.5) is 5.69 Å². The fourth-order valence-corrected chi connectivity index (χ4v) is 5.10. The second-order valence-electron chi connectivity index (χ2n) is 8.16. The standard InChI is InChI=1S/C24H26N4OS/c1-2-16-7-10-18(11-8-16)25-23(29)24-27-26-22(30-24)15-28(19-12-13-19)21-14-9-17-5-3-4-6-20(17)21/h3-8,10-11,19,21H,2,9,12-15H2,1H3,(H,25,29). The van der Waals surface area contributed by atoms with Gasteiger partial charge in [0, 0.05) is 17.8 Å². The predicted octanol–water partition coefficient (Wildman–Crippen LogP) is 5.00. The van der Waals surface area contributed by atoms with Crippen molar-refractivity contribution in [2.75, 3.05) is 5.32 Å². The highest BCUT2D eigenvalue weighted by Gasteiger charge is 2.38. The number of hydrogen-bond donors (Lipinski definition) is 1. The van der Waals surface area contributed by atoms with Gasteiger partial charge in [0.2, 0.25) is 5.01 Å². The number of nitrogens with zero attached hydrogens (tertiary/aromatic N) is 3. The zero-order valence-electron chi connectivity index (χ0n) is 17.2. The maximum atomic E-state index is 12.6. The molecule has 1 amide bonds. The van der Waals surface area contributed by atoms with E-state index in [0.29, 0.717) is 17.1 Å². The Balaban J connectivity index is 1.28. The van der Waals surface area contributed by atoms with E-state index in [1.54, 1.807) is 0 Å². The minimum Gasteiger partial charge on any atom is -0.320 e. The third-order valence-electron chi connectivity index (χ3n) is 6.12. The Bertz CT molecular complexity index is 1040. The molecule has 0 spiro atoms.